The Morgan fingerprint density at radius 2 is 2.00 bits per heavy atom. The van der Waals surface area contributed by atoms with Gasteiger partial charge in [-0.3, -0.25) is 0 Å². The Morgan fingerprint density at radius 3 is 2.59 bits per heavy atom. The molecule has 0 bridgehead atoms. The van der Waals surface area contributed by atoms with E-state index in [2.05, 4.69) is 57.5 Å². The van der Waals surface area contributed by atoms with Gasteiger partial charge in [0.15, 0.2) is 0 Å². The third-order valence-electron chi connectivity index (χ3n) is 3.46. The van der Waals surface area contributed by atoms with Crippen LogP contribution in [0.5, 0.6) is 0 Å². The van der Waals surface area contributed by atoms with Crippen LogP contribution in [0.2, 0.25) is 0 Å². The van der Waals surface area contributed by atoms with Crippen LogP contribution in [-0.2, 0) is 0 Å². The number of hydrogen-bond acceptors (Lipinski definition) is 2. The molecule has 17 heavy (non-hydrogen) atoms. The van der Waals surface area contributed by atoms with Gasteiger partial charge in [-0.25, -0.2) is 0 Å². The number of likely N-dealkylation sites (N-methyl/N-ethyl adjacent to an activating group) is 1. The van der Waals surface area contributed by atoms with Crippen molar-refractivity contribution in [2.75, 3.05) is 32.0 Å². The van der Waals surface area contributed by atoms with Crippen molar-refractivity contribution in [3.63, 3.8) is 0 Å². The molecule has 2 rings (SSSR count). The molecule has 0 amide bonds. The van der Waals surface area contributed by atoms with Gasteiger partial charge in [-0.05, 0) is 50.1 Å². The van der Waals surface area contributed by atoms with Crippen LogP contribution in [-0.4, -0.2) is 31.6 Å². The third-order valence-corrected chi connectivity index (χ3v) is 3.99. The molecule has 1 N–H and O–H groups in total. The van der Waals surface area contributed by atoms with Crippen molar-refractivity contribution in [3.8, 4) is 0 Å². The van der Waals surface area contributed by atoms with Gasteiger partial charge in [0.25, 0.3) is 0 Å². The second-order valence-corrected chi connectivity index (χ2v) is 5.91. The van der Waals surface area contributed by atoms with Gasteiger partial charge in [-0.15, -0.1) is 0 Å². The molecular formula is C14H21BrN2. The van der Waals surface area contributed by atoms with Crippen LogP contribution in [0.1, 0.15) is 19.3 Å². The van der Waals surface area contributed by atoms with Gasteiger partial charge in [0.05, 0.1) is 0 Å². The second-order valence-electron chi connectivity index (χ2n) is 4.99. The molecule has 0 unspecified atom stereocenters. The third kappa shape index (κ3) is 4.32. The molecule has 1 saturated carbocycles. The van der Waals surface area contributed by atoms with E-state index in [0.717, 1.165) is 23.5 Å². The minimum absolute atomic E-state index is 0.965. The van der Waals surface area contributed by atoms with E-state index >= 15 is 0 Å². The molecular weight excluding hydrogens is 276 g/mol. The van der Waals surface area contributed by atoms with E-state index in [9.17, 15) is 0 Å². The molecule has 0 atom stereocenters. The average molecular weight is 297 g/mol. The number of rotatable bonds is 6. The van der Waals surface area contributed by atoms with Crippen LogP contribution >= 0.6 is 15.9 Å². The smallest absolute Gasteiger partial charge is 0.0341 e. The Kier molecular flexibility index (Phi) is 4.86. The molecule has 1 fully saturated rings. The molecule has 1 aromatic carbocycles. The molecule has 3 heteroatoms. The van der Waals surface area contributed by atoms with Gasteiger partial charge in [0.1, 0.15) is 0 Å². The molecule has 0 aliphatic heterocycles. The first-order valence-corrected chi connectivity index (χ1v) is 7.21. The summed E-state index contributed by atoms with van der Waals surface area (Å²) in [4.78, 5) is 2.44. The Balaban J connectivity index is 1.62. The van der Waals surface area contributed by atoms with E-state index in [1.165, 1.54) is 31.5 Å². The number of anilines is 1. The summed E-state index contributed by atoms with van der Waals surface area (Å²) in [5, 5.41) is 3.45. The normalized spacial score (nSPS) is 15.9. The Hall–Kier alpha value is -0.540. The SMILES string of the molecule is CN(CCNc1ccc(Br)cc1)CC1CCC1. The monoisotopic (exact) mass is 296 g/mol. The highest BCUT2D eigenvalue weighted by Gasteiger charge is 2.18. The van der Waals surface area contributed by atoms with E-state index in [1.807, 2.05) is 0 Å². The number of halogens is 1. The summed E-state index contributed by atoms with van der Waals surface area (Å²) < 4.78 is 1.13. The predicted molar refractivity (Wildman–Crippen MR) is 77.5 cm³/mol. The highest BCUT2D eigenvalue weighted by Crippen LogP contribution is 2.26. The van der Waals surface area contributed by atoms with Crippen molar-refractivity contribution < 1.29 is 0 Å². The summed E-state index contributed by atoms with van der Waals surface area (Å²) in [6.07, 6.45) is 4.31. The molecule has 94 valence electrons. The van der Waals surface area contributed by atoms with Crippen LogP contribution in [0.3, 0.4) is 0 Å². The van der Waals surface area contributed by atoms with Gasteiger partial charge in [0.2, 0.25) is 0 Å². The summed E-state index contributed by atoms with van der Waals surface area (Å²) in [6.45, 7) is 3.40. The standard InChI is InChI=1S/C14H21BrN2/c1-17(11-12-3-2-4-12)10-9-16-14-7-5-13(15)6-8-14/h5-8,12,16H,2-4,9-11H2,1H3. The largest absolute Gasteiger partial charge is 0.384 e. The van der Waals surface area contributed by atoms with Crippen molar-refractivity contribution in [1.29, 1.82) is 0 Å². The van der Waals surface area contributed by atoms with Gasteiger partial charge in [0, 0.05) is 29.8 Å². The van der Waals surface area contributed by atoms with Crippen LogP contribution in [0.25, 0.3) is 0 Å². The zero-order valence-corrected chi connectivity index (χ0v) is 12.0. The topological polar surface area (TPSA) is 15.3 Å². The van der Waals surface area contributed by atoms with Crippen LogP contribution in [0, 0.1) is 5.92 Å². The molecule has 0 aromatic heterocycles. The maximum Gasteiger partial charge on any atom is 0.0341 e. The van der Waals surface area contributed by atoms with Crippen molar-refractivity contribution >= 4 is 21.6 Å². The second kappa shape index (κ2) is 6.41. The van der Waals surface area contributed by atoms with Crippen molar-refractivity contribution in [3.05, 3.63) is 28.7 Å². The zero-order valence-electron chi connectivity index (χ0n) is 10.5. The molecule has 0 radical (unpaired) electrons. The van der Waals surface area contributed by atoms with Crippen LogP contribution in [0.15, 0.2) is 28.7 Å². The summed E-state index contributed by atoms with van der Waals surface area (Å²) in [5.41, 5.74) is 1.20. The lowest BCUT2D eigenvalue weighted by Crippen LogP contribution is -2.32. The summed E-state index contributed by atoms with van der Waals surface area (Å²) in [6, 6.07) is 8.35. The van der Waals surface area contributed by atoms with Crippen LogP contribution in [0.4, 0.5) is 5.69 Å². The van der Waals surface area contributed by atoms with Crippen molar-refractivity contribution in [2.45, 2.75) is 19.3 Å². The lowest BCUT2D eigenvalue weighted by molar-refractivity contribution is 0.210. The first-order valence-electron chi connectivity index (χ1n) is 6.42. The lowest BCUT2D eigenvalue weighted by atomic mass is 9.85. The highest BCUT2D eigenvalue weighted by atomic mass is 79.9. The van der Waals surface area contributed by atoms with E-state index in [1.54, 1.807) is 0 Å². The quantitative estimate of drug-likeness (QED) is 0.863. The molecule has 0 spiro atoms. The van der Waals surface area contributed by atoms with E-state index in [4.69, 9.17) is 0 Å². The summed E-state index contributed by atoms with van der Waals surface area (Å²) >= 11 is 3.44. The van der Waals surface area contributed by atoms with Gasteiger partial charge in [-0.1, -0.05) is 22.4 Å². The van der Waals surface area contributed by atoms with E-state index in [0.29, 0.717) is 0 Å². The Morgan fingerprint density at radius 1 is 1.29 bits per heavy atom. The fourth-order valence-corrected chi connectivity index (χ4v) is 2.43. The number of hydrogen-bond donors (Lipinski definition) is 1. The Labute approximate surface area is 113 Å². The summed E-state index contributed by atoms with van der Waals surface area (Å²) in [7, 11) is 2.22. The van der Waals surface area contributed by atoms with Crippen molar-refractivity contribution in [2.24, 2.45) is 5.92 Å². The first-order chi connectivity index (χ1) is 8.24. The molecule has 1 aliphatic rings. The minimum atomic E-state index is 0.965. The molecule has 1 aromatic rings. The minimum Gasteiger partial charge on any atom is -0.384 e. The van der Waals surface area contributed by atoms with Crippen LogP contribution < -0.4 is 5.32 Å². The fourth-order valence-electron chi connectivity index (χ4n) is 2.17. The predicted octanol–water partition coefficient (Wildman–Crippen LogP) is 3.59. The van der Waals surface area contributed by atoms with E-state index < -0.39 is 0 Å². The maximum atomic E-state index is 3.45. The molecule has 2 nitrogen and oxygen atoms in total. The number of nitrogens with zero attached hydrogens (tertiary/aromatic N) is 1. The van der Waals surface area contributed by atoms with Gasteiger partial charge >= 0.3 is 0 Å². The van der Waals surface area contributed by atoms with Gasteiger partial charge in [-0.2, -0.15) is 0 Å². The van der Waals surface area contributed by atoms with Crippen molar-refractivity contribution in [1.82, 2.24) is 4.90 Å². The first kappa shape index (κ1) is 12.9. The zero-order chi connectivity index (χ0) is 12.1. The molecule has 1 aliphatic carbocycles. The van der Waals surface area contributed by atoms with Gasteiger partial charge < -0.3 is 10.2 Å². The number of nitrogens with one attached hydrogen (secondary N) is 1. The lowest BCUT2D eigenvalue weighted by Gasteiger charge is -2.30. The average Bonchev–Trinajstić information content (AvgIpc) is 2.26. The number of benzene rings is 1. The summed E-state index contributed by atoms with van der Waals surface area (Å²) in [5.74, 6) is 0.965. The maximum absolute atomic E-state index is 3.45. The fraction of sp³-hybridized carbons (Fsp3) is 0.571. The molecule has 0 saturated heterocycles. The Bertz CT molecular complexity index is 333. The van der Waals surface area contributed by atoms with E-state index in [-0.39, 0.29) is 0 Å². The highest BCUT2D eigenvalue weighted by molar-refractivity contribution is 9.10. The molecule has 0 heterocycles.